The summed E-state index contributed by atoms with van der Waals surface area (Å²) in [6, 6.07) is 10.4. The van der Waals surface area contributed by atoms with E-state index in [4.69, 9.17) is 13.6 Å². The van der Waals surface area contributed by atoms with Crippen molar-refractivity contribution in [2.24, 2.45) is 0 Å². The van der Waals surface area contributed by atoms with E-state index in [1.54, 1.807) is 43.5 Å². The lowest BCUT2D eigenvalue weighted by atomic mass is 10.1. The summed E-state index contributed by atoms with van der Waals surface area (Å²) in [6.07, 6.45) is 1.53. The second kappa shape index (κ2) is 6.48. The Morgan fingerprint density at radius 2 is 2.05 bits per heavy atom. The zero-order valence-electron chi connectivity index (χ0n) is 11.7. The van der Waals surface area contributed by atoms with E-state index in [1.165, 1.54) is 18.0 Å². The third-order valence-corrected chi connectivity index (χ3v) is 3.70. The molecular formula is C15H12N2O4S. The lowest BCUT2D eigenvalue weighted by Crippen LogP contribution is -2.02. The Bertz CT molecular complexity index is 750. The van der Waals surface area contributed by atoms with Gasteiger partial charge in [-0.05, 0) is 36.4 Å². The average molecular weight is 316 g/mol. The predicted molar refractivity (Wildman–Crippen MR) is 80.0 cm³/mol. The van der Waals surface area contributed by atoms with Crippen molar-refractivity contribution in [1.82, 2.24) is 10.2 Å². The van der Waals surface area contributed by atoms with Gasteiger partial charge in [0.1, 0.15) is 5.75 Å². The number of thioether (sulfide) groups is 1. The number of rotatable bonds is 6. The SMILES string of the molecule is COc1ccc(C(=O)CSc2nnc(-c3ccco3)o2)cc1. The molecule has 0 spiro atoms. The zero-order valence-corrected chi connectivity index (χ0v) is 12.5. The number of furan rings is 1. The quantitative estimate of drug-likeness (QED) is 0.510. The molecule has 2 aromatic heterocycles. The van der Waals surface area contributed by atoms with Crippen molar-refractivity contribution < 1.29 is 18.4 Å². The van der Waals surface area contributed by atoms with Crippen LogP contribution in [0.3, 0.4) is 0 Å². The Kier molecular flexibility index (Phi) is 4.24. The minimum absolute atomic E-state index is 0.0228. The van der Waals surface area contributed by atoms with E-state index >= 15 is 0 Å². The normalized spacial score (nSPS) is 10.6. The number of Topliss-reactive ketones (excluding diaryl/α,β-unsaturated/α-hetero) is 1. The van der Waals surface area contributed by atoms with Gasteiger partial charge in [-0.3, -0.25) is 4.79 Å². The van der Waals surface area contributed by atoms with Gasteiger partial charge in [0, 0.05) is 5.56 Å². The van der Waals surface area contributed by atoms with Crippen molar-refractivity contribution >= 4 is 17.5 Å². The highest BCUT2D eigenvalue weighted by atomic mass is 32.2. The Balaban J connectivity index is 1.61. The fraction of sp³-hybridized carbons (Fsp3) is 0.133. The number of carbonyl (C=O) groups excluding carboxylic acids is 1. The van der Waals surface area contributed by atoms with Gasteiger partial charge in [0.05, 0.1) is 19.1 Å². The predicted octanol–water partition coefficient (Wildman–Crippen LogP) is 3.31. The molecule has 0 atom stereocenters. The molecule has 0 saturated carbocycles. The van der Waals surface area contributed by atoms with E-state index in [1.807, 2.05) is 0 Å². The number of hydrogen-bond acceptors (Lipinski definition) is 7. The Hall–Kier alpha value is -2.54. The van der Waals surface area contributed by atoms with Crippen LogP contribution in [0.25, 0.3) is 11.7 Å². The van der Waals surface area contributed by atoms with Crippen LogP contribution in [-0.4, -0.2) is 28.8 Å². The average Bonchev–Trinajstić information content (AvgIpc) is 3.23. The maximum absolute atomic E-state index is 12.1. The molecule has 7 heteroatoms. The summed E-state index contributed by atoms with van der Waals surface area (Å²) >= 11 is 1.19. The van der Waals surface area contributed by atoms with E-state index in [9.17, 15) is 4.79 Å². The van der Waals surface area contributed by atoms with Crippen LogP contribution < -0.4 is 4.74 Å². The van der Waals surface area contributed by atoms with Gasteiger partial charge in [-0.2, -0.15) is 0 Å². The van der Waals surface area contributed by atoms with Crippen molar-refractivity contribution in [3.05, 3.63) is 48.2 Å². The van der Waals surface area contributed by atoms with Crippen molar-refractivity contribution in [2.75, 3.05) is 12.9 Å². The van der Waals surface area contributed by atoms with Gasteiger partial charge in [-0.25, -0.2) is 0 Å². The Labute approximate surface area is 130 Å². The number of methoxy groups -OCH3 is 1. The van der Waals surface area contributed by atoms with E-state index in [-0.39, 0.29) is 11.5 Å². The molecule has 6 nitrogen and oxygen atoms in total. The number of carbonyl (C=O) groups is 1. The highest BCUT2D eigenvalue weighted by Gasteiger charge is 2.13. The maximum Gasteiger partial charge on any atom is 0.284 e. The standard InChI is InChI=1S/C15H12N2O4S/c1-19-11-6-4-10(5-7-11)12(18)9-22-15-17-16-14(21-15)13-3-2-8-20-13/h2-8H,9H2,1H3. The van der Waals surface area contributed by atoms with Crippen molar-refractivity contribution in [3.8, 4) is 17.4 Å². The van der Waals surface area contributed by atoms with Gasteiger partial charge in [-0.1, -0.05) is 11.8 Å². The minimum atomic E-state index is -0.0228. The maximum atomic E-state index is 12.1. The summed E-state index contributed by atoms with van der Waals surface area (Å²) in [5.41, 5.74) is 0.610. The molecule has 0 radical (unpaired) electrons. The second-order valence-electron chi connectivity index (χ2n) is 4.29. The molecule has 0 unspecified atom stereocenters. The van der Waals surface area contributed by atoms with E-state index in [2.05, 4.69) is 10.2 Å². The van der Waals surface area contributed by atoms with Gasteiger partial charge in [0.15, 0.2) is 11.5 Å². The topological polar surface area (TPSA) is 78.4 Å². The summed E-state index contributed by atoms with van der Waals surface area (Å²) in [6.45, 7) is 0. The van der Waals surface area contributed by atoms with Crippen LogP contribution in [0.4, 0.5) is 0 Å². The molecule has 112 valence electrons. The van der Waals surface area contributed by atoms with Crippen LogP contribution in [0.2, 0.25) is 0 Å². The third-order valence-electron chi connectivity index (χ3n) is 2.88. The van der Waals surface area contributed by atoms with E-state index in [0.29, 0.717) is 28.2 Å². The molecular weight excluding hydrogens is 304 g/mol. The molecule has 0 aliphatic carbocycles. The van der Waals surface area contributed by atoms with Crippen LogP contribution in [0.5, 0.6) is 5.75 Å². The number of hydrogen-bond donors (Lipinski definition) is 0. The van der Waals surface area contributed by atoms with Gasteiger partial charge in [0.25, 0.3) is 11.1 Å². The minimum Gasteiger partial charge on any atom is -0.497 e. The van der Waals surface area contributed by atoms with Gasteiger partial charge in [-0.15, -0.1) is 10.2 Å². The van der Waals surface area contributed by atoms with Crippen LogP contribution in [0.15, 0.2) is 56.7 Å². The molecule has 3 aromatic rings. The van der Waals surface area contributed by atoms with Crippen molar-refractivity contribution in [1.29, 1.82) is 0 Å². The summed E-state index contributed by atoms with van der Waals surface area (Å²) < 4.78 is 15.6. The number of nitrogens with zero attached hydrogens (tertiary/aromatic N) is 2. The van der Waals surface area contributed by atoms with Crippen LogP contribution >= 0.6 is 11.8 Å². The highest BCUT2D eigenvalue weighted by molar-refractivity contribution is 7.99. The zero-order chi connectivity index (χ0) is 15.4. The molecule has 0 N–H and O–H groups in total. The first-order valence-corrected chi connectivity index (χ1v) is 7.42. The summed E-state index contributed by atoms with van der Waals surface area (Å²) in [4.78, 5) is 12.1. The lowest BCUT2D eigenvalue weighted by molar-refractivity contribution is 0.102. The number of ketones is 1. The molecule has 0 amide bonds. The van der Waals surface area contributed by atoms with Gasteiger partial charge >= 0.3 is 0 Å². The Morgan fingerprint density at radius 1 is 1.23 bits per heavy atom. The summed E-state index contributed by atoms with van der Waals surface area (Å²) in [5, 5.41) is 8.08. The molecule has 0 fully saturated rings. The third kappa shape index (κ3) is 3.20. The molecule has 2 heterocycles. The number of benzene rings is 1. The number of ether oxygens (including phenoxy) is 1. The first kappa shape index (κ1) is 14.4. The van der Waals surface area contributed by atoms with E-state index < -0.39 is 0 Å². The molecule has 1 aromatic carbocycles. The molecule has 0 aliphatic heterocycles. The smallest absolute Gasteiger partial charge is 0.284 e. The second-order valence-corrected chi connectivity index (χ2v) is 5.22. The van der Waals surface area contributed by atoms with Crippen LogP contribution in [0, 0.1) is 0 Å². The van der Waals surface area contributed by atoms with Gasteiger partial charge < -0.3 is 13.6 Å². The van der Waals surface area contributed by atoms with Crippen molar-refractivity contribution in [3.63, 3.8) is 0 Å². The first-order valence-electron chi connectivity index (χ1n) is 6.43. The lowest BCUT2D eigenvalue weighted by Gasteiger charge is -2.01. The first-order chi connectivity index (χ1) is 10.8. The monoisotopic (exact) mass is 316 g/mol. The highest BCUT2D eigenvalue weighted by Crippen LogP contribution is 2.24. The van der Waals surface area contributed by atoms with Crippen LogP contribution in [-0.2, 0) is 0 Å². The fourth-order valence-electron chi connectivity index (χ4n) is 1.76. The summed E-state index contributed by atoms with van der Waals surface area (Å²) in [7, 11) is 1.58. The number of aromatic nitrogens is 2. The van der Waals surface area contributed by atoms with Crippen molar-refractivity contribution in [2.45, 2.75) is 5.22 Å². The Morgan fingerprint density at radius 3 is 2.73 bits per heavy atom. The molecule has 0 bridgehead atoms. The summed E-state index contributed by atoms with van der Waals surface area (Å²) in [5.74, 6) is 1.70. The molecule has 0 aliphatic rings. The molecule has 22 heavy (non-hydrogen) atoms. The largest absolute Gasteiger partial charge is 0.497 e. The van der Waals surface area contributed by atoms with E-state index in [0.717, 1.165) is 0 Å². The van der Waals surface area contributed by atoms with Gasteiger partial charge in [0.2, 0.25) is 0 Å². The molecule has 3 rings (SSSR count). The fourth-order valence-corrected chi connectivity index (χ4v) is 2.41. The van der Waals surface area contributed by atoms with Crippen LogP contribution in [0.1, 0.15) is 10.4 Å². The molecule has 0 saturated heterocycles.